The topological polar surface area (TPSA) is 129 Å². The Labute approximate surface area is 340 Å². The van der Waals surface area contributed by atoms with E-state index in [0.29, 0.717) is 33.4 Å². The summed E-state index contributed by atoms with van der Waals surface area (Å²) in [6.45, 7) is 0.995. The van der Waals surface area contributed by atoms with E-state index in [4.69, 9.17) is 19.0 Å². The molecule has 2 aliphatic heterocycles. The number of benzene rings is 5. The molecule has 2 amide bonds. The van der Waals surface area contributed by atoms with Crippen molar-refractivity contribution in [3.63, 3.8) is 0 Å². The Bertz CT molecular complexity index is 2200. The van der Waals surface area contributed by atoms with Crippen LogP contribution in [0.4, 0.5) is 0 Å². The van der Waals surface area contributed by atoms with Gasteiger partial charge in [-0.15, -0.1) is 11.8 Å². The monoisotopic (exact) mass is 796 g/mol. The highest BCUT2D eigenvalue weighted by molar-refractivity contribution is 8.00. The van der Waals surface area contributed by atoms with Crippen molar-refractivity contribution in [2.45, 2.75) is 36.5 Å². The van der Waals surface area contributed by atoms with Gasteiger partial charge in [0, 0.05) is 18.2 Å². The molecule has 12 heteroatoms. The van der Waals surface area contributed by atoms with E-state index in [1.807, 2.05) is 121 Å². The molecule has 0 saturated carbocycles. The molecular formula is C46H40N2O9S. The van der Waals surface area contributed by atoms with Crippen LogP contribution >= 0.6 is 11.8 Å². The predicted octanol–water partition coefficient (Wildman–Crippen LogP) is 6.93. The minimum absolute atomic E-state index is 0.0841. The number of carbonyl (C=O) groups is 5. The first kappa shape index (κ1) is 39.7. The molecule has 3 atom stereocenters. The van der Waals surface area contributed by atoms with Gasteiger partial charge in [0.25, 0.3) is 11.8 Å². The van der Waals surface area contributed by atoms with Gasteiger partial charge in [-0.2, -0.15) is 0 Å². The van der Waals surface area contributed by atoms with Crippen molar-refractivity contribution in [2.24, 2.45) is 0 Å². The summed E-state index contributed by atoms with van der Waals surface area (Å²) >= 11 is 1.26. The third-order valence-corrected chi connectivity index (χ3v) is 11.1. The van der Waals surface area contributed by atoms with Crippen molar-refractivity contribution >= 4 is 41.5 Å². The molecule has 1 saturated heterocycles. The average Bonchev–Trinajstić information content (AvgIpc) is 3.26. The van der Waals surface area contributed by atoms with Gasteiger partial charge in [-0.05, 0) is 27.8 Å². The third kappa shape index (κ3) is 8.43. The number of esters is 3. The van der Waals surface area contributed by atoms with E-state index in [9.17, 15) is 24.0 Å². The summed E-state index contributed by atoms with van der Waals surface area (Å²) in [5.74, 6) is -5.07. The minimum Gasteiger partial charge on any atom is -0.461 e. The largest absolute Gasteiger partial charge is 0.461 e. The second-order valence-corrected chi connectivity index (χ2v) is 14.6. The summed E-state index contributed by atoms with van der Waals surface area (Å²) < 4.78 is 17.7. The minimum atomic E-state index is -1.52. The fourth-order valence-corrected chi connectivity index (χ4v) is 8.40. The molecule has 5 aromatic carbocycles. The second kappa shape index (κ2) is 18.2. The molecule has 294 valence electrons. The normalized spacial score (nSPS) is 16.6. The molecule has 0 N–H and O–H groups in total. The zero-order valence-electron chi connectivity index (χ0n) is 31.7. The summed E-state index contributed by atoms with van der Waals surface area (Å²) in [6.07, 6.45) is -1.67. The van der Waals surface area contributed by atoms with E-state index < -0.39 is 59.3 Å². The van der Waals surface area contributed by atoms with Crippen molar-refractivity contribution in [3.05, 3.63) is 191 Å². The molecular weight excluding hydrogens is 757 g/mol. The SMILES string of the molecule is CON(C(=O)C(C(=O)OC(c1ccccc1)c1ccccc1)c1ccccc1)C1C(=O)N2C(C(=O)OC(c3ccccc3)c3ccccc3)=C(COC(C)=O)CS[C@H]12. The number of carbonyl (C=O) groups excluding carboxylic acids is 5. The van der Waals surface area contributed by atoms with Gasteiger partial charge in [0.2, 0.25) is 0 Å². The Morgan fingerprint density at radius 2 is 1.10 bits per heavy atom. The fourth-order valence-electron chi connectivity index (χ4n) is 7.04. The van der Waals surface area contributed by atoms with E-state index in [2.05, 4.69) is 0 Å². The van der Waals surface area contributed by atoms with Crippen molar-refractivity contribution < 1.29 is 43.0 Å². The molecule has 7 rings (SSSR count). The van der Waals surface area contributed by atoms with Crippen LogP contribution in [-0.4, -0.2) is 70.6 Å². The molecule has 2 unspecified atom stereocenters. The van der Waals surface area contributed by atoms with Crippen molar-refractivity contribution in [1.82, 2.24) is 9.96 Å². The van der Waals surface area contributed by atoms with Gasteiger partial charge in [0.1, 0.15) is 17.7 Å². The molecule has 2 heterocycles. The molecule has 0 bridgehead atoms. The summed E-state index contributed by atoms with van der Waals surface area (Å²) in [5.41, 5.74) is 3.42. The Hall–Kier alpha value is -6.50. The molecule has 0 radical (unpaired) electrons. The van der Waals surface area contributed by atoms with E-state index in [1.54, 1.807) is 30.3 Å². The van der Waals surface area contributed by atoms with Gasteiger partial charge in [-0.1, -0.05) is 152 Å². The molecule has 0 spiro atoms. The first-order valence-corrected chi connectivity index (χ1v) is 19.6. The molecule has 5 aromatic rings. The second-order valence-electron chi connectivity index (χ2n) is 13.5. The third-order valence-electron chi connectivity index (χ3n) is 9.81. The first-order chi connectivity index (χ1) is 28.3. The number of β-lactam (4-membered cyclic amide) rings is 1. The summed E-state index contributed by atoms with van der Waals surface area (Å²) in [7, 11) is 1.24. The smallest absolute Gasteiger partial charge is 0.356 e. The van der Waals surface area contributed by atoms with Crippen LogP contribution in [0.5, 0.6) is 0 Å². The van der Waals surface area contributed by atoms with Crippen LogP contribution in [0.1, 0.15) is 52.9 Å². The van der Waals surface area contributed by atoms with Gasteiger partial charge < -0.3 is 14.2 Å². The Balaban J connectivity index is 1.19. The summed E-state index contributed by atoms with van der Waals surface area (Å²) in [4.78, 5) is 76.6. The Morgan fingerprint density at radius 3 is 1.53 bits per heavy atom. The van der Waals surface area contributed by atoms with Gasteiger partial charge in [-0.3, -0.25) is 28.9 Å². The van der Waals surface area contributed by atoms with Gasteiger partial charge in [-0.25, -0.2) is 9.86 Å². The Morgan fingerprint density at radius 1 is 0.672 bits per heavy atom. The first-order valence-electron chi connectivity index (χ1n) is 18.6. The van der Waals surface area contributed by atoms with Crippen LogP contribution in [0, 0.1) is 0 Å². The lowest BCUT2D eigenvalue weighted by Crippen LogP contribution is -2.71. The maximum Gasteiger partial charge on any atom is 0.356 e. The quantitative estimate of drug-likeness (QED) is 0.0384. The number of thioether (sulfide) groups is 1. The maximum atomic E-state index is 14.7. The van der Waals surface area contributed by atoms with Gasteiger partial charge in [0.15, 0.2) is 24.2 Å². The van der Waals surface area contributed by atoms with Crippen LogP contribution in [-0.2, 0) is 43.0 Å². The highest BCUT2D eigenvalue weighted by atomic mass is 32.2. The number of nitrogens with zero attached hydrogens (tertiary/aromatic N) is 2. The lowest BCUT2D eigenvalue weighted by molar-refractivity contribution is -0.211. The standard InChI is InChI=1S/C46H40N2O9S/c1-30(49)55-28-36-29-58-44-39(43(51)47(44)38(36)46(53)57-41(34-24-14-6-15-25-34)35-26-16-7-17-27-35)48(54-2)42(50)37(31-18-8-3-9-19-31)45(52)56-40(32-20-10-4-11-21-32)33-22-12-5-13-23-33/h3-27,37,39-41,44H,28-29H2,1-2H3/t37?,39?,44-/m1/s1. The molecule has 58 heavy (non-hydrogen) atoms. The van der Waals surface area contributed by atoms with Crippen LogP contribution in [0.15, 0.2) is 163 Å². The van der Waals surface area contributed by atoms with Crippen LogP contribution in [0.3, 0.4) is 0 Å². The van der Waals surface area contributed by atoms with E-state index >= 15 is 0 Å². The van der Waals surface area contributed by atoms with Crippen molar-refractivity contribution in [3.8, 4) is 0 Å². The van der Waals surface area contributed by atoms with E-state index in [-0.39, 0.29) is 18.1 Å². The number of ether oxygens (including phenoxy) is 3. The van der Waals surface area contributed by atoms with Crippen LogP contribution < -0.4 is 0 Å². The van der Waals surface area contributed by atoms with Gasteiger partial charge in [0.05, 0.1) is 7.11 Å². The predicted molar refractivity (Wildman–Crippen MR) is 215 cm³/mol. The van der Waals surface area contributed by atoms with E-state index in [1.165, 1.54) is 30.7 Å². The number of hydrogen-bond donors (Lipinski definition) is 0. The van der Waals surface area contributed by atoms with Crippen LogP contribution in [0.2, 0.25) is 0 Å². The molecule has 0 aromatic heterocycles. The number of amides is 2. The molecule has 1 fully saturated rings. The highest BCUT2D eigenvalue weighted by Crippen LogP contribution is 2.44. The summed E-state index contributed by atoms with van der Waals surface area (Å²) in [5, 5.41) is 0.0763. The lowest BCUT2D eigenvalue weighted by Gasteiger charge is -2.52. The van der Waals surface area contributed by atoms with E-state index in [0.717, 1.165) is 5.06 Å². The number of hydrogen-bond acceptors (Lipinski definition) is 10. The van der Waals surface area contributed by atoms with Crippen LogP contribution in [0.25, 0.3) is 0 Å². The van der Waals surface area contributed by atoms with Gasteiger partial charge >= 0.3 is 17.9 Å². The fraction of sp³-hybridized carbons (Fsp3) is 0.196. The zero-order valence-corrected chi connectivity index (χ0v) is 32.5. The highest BCUT2D eigenvalue weighted by Gasteiger charge is 2.59. The molecule has 0 aliphatic carbocycles. The Kier molecular flexibility index (Phi) is 12.5. The molecule has 11 nitrogen and oxygen atoms in total. The maximum absolute atomic E-state index is 14.7. The molecule has 2 aliphatic rings. The number of fused-ring (bicyclic) bond motifs is 1. The number of hydroxylamine groups is 2. The lowest BCUT2D eigenvalue weighted by atomic mass is 9.95. The summed E-state index contributed by atoms with van der Waals surface area (Å²) in [6, 6.07) is 43.9. The zero-order chi connectivity index (χ0) is 40.6. The number of rotatable bonds is 14. The average molecular weight is 797 g/mol. The van der Waals surface area contributed by atoms with Crippen molar-refractivity contribution in [1.29, 1.82) is 0 Å². The van der Waals surface area contributed by atoms with Crippen molar-refractivity contribution in [2.75, 3.05) is 19.5 Å².